The first-order valence-electron chi connectivity index (χ1n) is 6.28. The van der Waals surface area contributed by atoms with E-state index in [0.29, 0.717) is 22.6 Å². The van der Waals surface area contributed by atoms with Crippen LogP contribution >= 0.6 is 11.6 Å². The number of benzene rings is 2. The largest absolute Gasteiger partial charge is 0.326 e. The molecule has 0 aromatic heterocycles. The number of carbonyl (C=O) groups excluding carboxylic acids is 2. The van der Waals surface area contributed by atoms with E-state index in [-0.39, 0.29) is 11.7 Å². The van der Waals surface area contributed by atoms with Crippen LogP contribution in [0, 0.1) is 6.92 Å². The Morgan fingerprint density at radius 3 is 2.60 bits per heavy atom. The molecule has 1 aliphatic heterocycles. The monoisotopic (exact) mass is 285 g/mol. The van der Waals surface area contributed by atoms with Crippen LogP contribution < -0.4 is 5.32 Å². The highest BCUT2D eigenvalue weighted by atomic mass is 35.5. The summed E-state index contributed by atoms with van der Waals surface area (Å²) in [5, 5.41) is 3.33. The third-order valence-corrected chi connectivity index (χ3v) is 3.83. The van der Waals surface area contributed by atoms with Crippen LogP contribution in [0.5, 0.6) is 0 Å². The normalized spacial score (nSPS) is 13.0. The van der Waals surface area contributed by atoms with Crippen LogP contribution in [-0.2, 0) is 11.2 Å². The lowest BCUT2D eigenvalue weighted by atomic mass is 9.99. The molecule has 0 unspecified atom stereocenters. The average molecular weight is 286 g/mol. The van der Waals surface area contributed by atoms with Gasteiger partial charge < -0.3 is 5.32 Å². The molecule has 0 aliphatic carbocycles. The van der Waals surface area contributed by atoms with Crippen LogP contribution in [0.15, 0.2) is 36.4 Å². The fourth-order valence-electron chi connectivity index (χ4n) is 2.27. The molecule has 0 spiro atoms. The Balaban J connectivity index is 1.97. The number of hydrogen-bond acceptors (Lipinski definition) is 2. The van der Waals surface area contributed by atoms with Gasteiger partial charge >= 0.3 is 0 Å². The van der Waals surface area contributed by atoms with Gasteiger partial charge in [-0.05, 0) is 42.3 Å². The van der Waals surface area contributed by atoms with Crippen LogP contribution in [0.1, 0.15) is 27.0 Å². The van der Waals surface area contributed by atoms with Gasteiger partial charge in [-0.3, -0.25) is 9.59 Å². The van der Waals surface area contributed by atoms with Gasteiger partial charge in [0.15, 0.2) is 5.78 Å². The molecule has 4 heteroatoms. The zero-order chi connectivity index (χ0) is 14.3. The first-order chi connectivity index (χ1) is 9.54. The van der Waals surface area contributed by atoms with Gasteiger partial charge in [0.2, 0.25) is 5.91 Å². The zero-order valence-corrected chi connectivity index (χ0v) is 11.6. The van der Waals surface area contributed by atoms with Gasteiger partial charge in [-0.1, -0.05) is 23.7 Å². The Bertz CT molecular complexity index is 737. The van der Waals surface area contributed by atoms with Gasteiger partial charge in [0, 0.05) is 21.8 Å². The van der Waals surface area contributed by atoms with Gasteiger partial charge in [-0.25, -0.2) is 0 Å². The second kappa shape index (κ2) is 4.76. The Morgan fingerprint density at radius 1 is 1.15 bits per heavy atom. The molecular formula is C16H12ClNO2. The third-order valence-electron chi connectivity index (χ3n) is 3.43. The lowest BCUT2D eigenvalue weighted by Crippen LogP contribution is -2.03. The van der Waals surface area contributed by atoms with Gasteiger partial charge in [-0.15, -0.1) is 0 Å². The van der Waals surface area contributed by atoms with Crippen LogP contribution in [0.4, 0.5) is 5.69 Å². The van der Waals surface area contributed by atoms with Crippen molar-refractivity contribution in [3.05, 3.63) is 63.7 Å². The predicted octanol–water partition coefficient (Wildman–Crippen LogP) is 3.37. The van der Waals surface area contributed by atoms with E-state index in [0.717, 1.165) is 16.8 Å². The topological polar surface area (TPSA) is 46.2 Å². The lowest BCUT2D eigenvalue weighted by Gasteiger charge is -2.05. The van der Waals surface area contributed by atoms with Gasteiger partial charge in [0.1, 0.15) is 0 Å². The summed E-state index contributed by atoms with van der Waals surface area (Å²) in [6.45, 7) is 1.89. The van der Waals surface area contributed by atoms with Crippen LogP contribution in [0.3, 0.4) is 0 Å². The van der Waals surface area contributed by atoms with Crippen molar-refractivity contribution in [1.29, 1.82) is 0 Å². The van der Waals surface area contributed by atoms with Gasteiger partial charge in [0.05, 0.1) is 6.42 Å². The molecule has 1 heterocycles. The molecule has 100 valence electrons. The molecule has 2 aromatic carbocycles. The summed E-state index contributed by atoms with van der Waals surface area (Å²) >= 11 is 6.05. The SMILES string of the molecule is Cc1ccc(C(=O)c2ccc3c(c2)CC(=O)N3)cc1Cl. The number of nitrogens with one attached hydrogen (secondary N) is 1. The van der Waals surface area contributed by atoms with E-state index in [4.69, 9.17) is 11.6 Å². The fraction of sp³-hybridized carbons (Fsp3) is 0.125. The van der Waals surface area contributed by atoms with Crippen molar-refractivity contribution in [3.63, 3.8) is 0 Å². The second-order valence-electron chi connectivity index (χ2n) is 4.89. The van der Waals surface area contributed by atoms with Crippen molar-refractivity contribution in [2.45, 2.75) is 13.3 Å². The number of hydrogen-bond donors (Lipinski definition) is 1. The summed E-state index contributed by atoms with van der Waals surface area (Å²) in [6.07, 6.45) is 0.325. The molecular weight excluding hydrogens is 274 g/mol. The molecule has 0 bridgehead atoms. The number of fused-ring (bicyclic) bond motifs is 1. The summed E-state index contributed by atoms with van der Waals surface area (Å²) in [5.74, 6) is -0.128. The first-order valence-corrected chi connectivity index (χ1v) is 6.66. The van der Waals surface area contributed by atoms with E-state index >= 15 is 0 Å². The lowest BCUT2D eigenvalue weighted by molar-refractivity contribution is -0.115. The maximum Gasteiger partial charge on any atom is 0.228 e. The predicted molar refractivity (Wildman–Crippen MR) is 78.4 cm³/mol. The van der Waals surface area contributed by atoms with E-state index in [9.17, 15) is 9.59 Å². The van der Waals surface area contributed by atoms with Crippen molar-refractivity contribution >= 4 is 29.0 Å². The number of halogens is 1. The molecule has 0 saturated heterocycles. The smallest absolute Gasteiger partial charge is 0.228 e. The van der Waals surface area contributed by atoms with Crippen molar-refractivity contribution in [1.82, 2.24) is 0 Å². The summed E-state index contributed by atoms with van der Waals surface area (Å²) in [4.78, 5) is 23.7. The maximum absolute atomic E-state index is 12.4. The van der Waals surface area contributed by atoms with E-state index in [1.807, 2.05) is 13.0 Å². The first kappa shape index (κ1) is 12.9. The standard InChI is InChI=1S/C16H12ClNO2/c1-9-2-3-11(7-13(9)17)16(20)10-4-5-14-12(6-10)8-15(19)18-14/h2-7H,8H2,1H3,(H,18,19). The van der Waals surface area contributed by atoms with E-state index in [2.05, 4.69) is 5.32 Å². The maximum atomic E-state index is 12.4. The quantitative estimate of drug-likeness (QED) is 0.860. The summed E-state index contributed by atoms with van der Waals surface area (Å²) < 4.78 is 0. The Labute approximate surface area is 121 Å². The molecule has 3 rings (SSSR count). The average Bonchev–Trinajstić information content (AvgIpc) is 2.80. The van der Waals surface area contributed by atoms with Crippen LogP contribution in [0.2, 0.25) is 5.02 Å². The number of ketones is 1. The Morgan fingerprint density at radius 2 is 1.85 bits per heavy atom. The molecule has 1 amide bonds. The molecule has 0 saturated carbocycles. The highest BCUT2D eigenvalue weighted by Crippen LogP contribution is 2.26. The highest BCUT2D eigenvalue weighted by Gasteiger charge is 2.19. The molecule has 20 heavy (non-hydrogen) atoms. The number of aryl methyl sites for hydroxylation is 1. The summed E-state index contributed by atoms with van der Waals surface area (Å²) in [7, 11) is 0. The van der Waals surface area contributed by atoms with Crippen molar-refractivity contribution in [2.24, 2.45) is 0 Å². The van der Waals surface area contributed by atoms with E-state index in [1.54, 1.807) is 30.3 Å². The summed E-state index contributed by atoms with van der Waals surface area (Å²) in [5.41, 5.74) is 3.71. The second-order valence-corrected chi connectivity index (χ2v) is 5.30. The number of rotatable bonds is 2. The minimum atomic E-state index is -0.0888. The zero-order valence-electron chi connectivity index (χ0n) is 10.9. The number of amides is 1. The summed E-state index contributed by atoms with van der Waals surface area (Å²) in [6, 6.07) is 10.5. The number of carbonyl (C=O) groups is 2. The third kappa shape index (κ3) is 2.21. The van der Waals surface area contributed by atoms with Gasteiger partial charge in [0.25, 0.3) is 0 Å². The minimum absolute atomic E-state index is 0.0389. The molecule has 0 atom stereocenters. The molecule has 0 fully saturated rings. The number of anilines is 1. The minimum Gasteiger partial charge on any atom is -0.326 e. The molecule has 0 radical (unpaired) electrons. The van der Waals surface area contributed by atoms with Crippen LogP contribution in [-0.4, -0.2) is 11.7 Å². The Kier molecular flexibility index (Phi) is 3.07. The Hall–Kier alpha value is -2.13. The van der Waals surface area contributed by atoms with Gasteiger partial charge in [-0.2, -0.15) is 0 Å². The molecule has 1 N–H and O–H groups in total. The van der Waals surface area contributed by atoms with Crippen molar-refractivity contribution < 1.29 is 9.59 Å². The van der Waals surface area contributed by atoms with Crippen molar-refractivity contribution in [2.75, 3.05) is 5.32 Å². The molecule has 2 aromatic rings. The van der Waals surface area contributed by atoms with E-state index in [1.165, 1.54) is 0 Å². The molecule has 1 aliphatic rings. The van der Waals surface area contributed by atoms with E-state index < -0.39 is 0 Å². The highest BCUT2D eigenvalue weighted by molar-refractivity contribution is 6.31. The van der Waals surface area contributed by atoms with Crippen molar-refractivity contribution in [3.8, 4) is 0 Å². The van der Waals surface area contributed by atoms with Crippen LogP contribution in [0.25, 0.3) is 0 Å². The fourth-order valence-corrected chi connectivity index (χ4v) is 2.45. The molecule has 3 nitrogen and oxygen atoms in total.